The van der Waals surface area contributed by atoms with Gasteiger partial charge in [-0.1, -0.05) is 26.1 Å². The summed E-state index contributed by atoms with van der Waals surface area (Å²) in [7, 11) is 2.23. The molecule has 0 bridgehead atoms. The molecule has 3 nitrogen and oxygen atoms in total. The molecule has 0 amide bonds. The Morgan fingerprint density at radius 1 is 1.41 bits per heavy atom. The minimum Gasteiger partial charge on any atom is -0.393 e. The Balaban J connectivity index is 2.45. The van der Waals surface area contributed by atoms with Crippen molar-refractivity contribution in [2.24, 2.45) is 5.73 Å². The van der Waals surface area contributed by atoms with Crippen LogP contribution in [0.1, 0.15) is 39.5 Å². The monoisotopic (exact) mass is 257 g/mol. The Hall–Kier alpha value is -0.190. The highest BCUT2D eigenvalue weighted by Crippen LogP contribution is 2.19. The fourth-order valence-corrected chi connectivity index (χ4v) is 2.94. The van der Waals surface area contributed by atoms with Gasteiger partial charge in [0.1, 0.15) is 0 Å². The Labute approximate surface area is 111 Å². The van der Waals surface area contributed by atoms with Gasteiger partial charge in [-0.05, 0) is 45.9 Å². The molecule has 100 valence electrons. The maximum absolute atomic E-state index is 5.68. The second-order valence-electron chi connectivity index (χ2n) is 5.06. The van der Waals surface area contributed by atoms with E-state index in [1.165, 1.54) is 32.5 Å². The van der Waals surface area contributed by atoms with Crippen LogP contribution < -0.4 is 5.73 Å². The molecule has 4 heteroatoms. The van der Waals surface area contributed by atoms with Crippen LogP contribution in [0.3, 0.4) is 0 Å². The predicted octanol–water partition coefficient (Wildman–Crippen LogP) is 1.86. The molecule has 1 unspecified atom stereocenters. The van der Waals surface area contributed by atoms with Crippen molar-refractivity contribution >= 4 is 17.2 Å². The van der Waals surface area contributed by atoms with Crippen LogP contribution in [-0.4, -0.2) is 53.6 Å². The van der Waals surface area contributed by atoms with E-state index in [9.17, 15) is 0 Å². The lowest BCUT2D eigenvalue weighted by atomic mass is 9.99. The SMILES string of the molecule is CCC(CC(N)=S)N(C)C1CCN(CC)CC1. The van der Waals surface area contributed by atoms with Gasteiger partial charge >= 0.3 is 0 Å². The van der Waals surface area contributed by atoms with E-state index in [0.717, 1.165) is 12.8 Å². The Morgan fingerprint density at radius 2 is 2.00 bits per heavy atom. The fourth-order valence-electron chi connectivity index (χ4n) is 2.75. The highest BCUT2D eigenvalue weighted by Gasteiger charge is 2.25. The molecule has 1 heterocycles. The van der Waals surface area contributed by atoms with Crippen LogP contribution in [0.25, 0.3) is 0 Å². The molecule has 0 spiro atoms. The van der Waals surface area contributed by atoms with Gasteiger partial charge in [-0.3, -0.25) is 4.90 Å². The lowest BCUT2D eigenvalue weighted by molar-refractivity contribution is 0.0989. The lowest BCUT2D eigenvalue weighted by Gasteiger charge is -2.40. The first-order valence-corrected chi connectivity index (χ1v) is 7.21. The minimum absolute atomic E-state index is 0.519. The van der Waals surface area contributed by atoms with Crippen LogP contribution in [0.5, 0.6) is 0 Å². The van der Waals surface area contributed by atoms with E-state index in [2.05, 4.69) is 30.7 Å². The third-order valence-corrected chi connectivity index (χ3v) is 4.23. The van der Waals surface area contributed by atoms with Crippen LogP contribution in [0.4, 0.5) is 0 Å². The highest BCUT2D eigenvalue weighted by atomic mass is 32.1. The third kappa shape index (κ3) is 4.53. The Bertz CT molecular complexity index is 237. The van der Waals surface area contributed by atoms with Crippen LogP contribution in [0.2, 0.25) is 0 Å². The Kier molecular flexibility index (Phi) is 6.38. The first kappa shape index (κ1) is 14.9. The molecule has 0 aromatic heterocycles. The zero-order chi connectivity index (χ0) is 12.8. The van der Waals surface area contributed by atoms with Crippen molar-refractivity contribution in [2.45, 2.75) is 51.6 Å². The third-order valence-electron chi connectivity index (χ3n) is 4.06. The van der Waals surface area contributed by atoms with Crippen molar-refractivity contribution in [2.75, 3.05) is 26.7 Å². The summed E-state index contributed by atoms with van der Waals surface area (Å²) < 4.78 is 0. The van der Waals surface area contributed by atoms with Crippen molar-refractivity contribution in [3.63, 3.8) is 0 Å². The second kappa shape index (κ2) is 7.29. The summed E-state index contributed by atoms with van der Waals surface area (Å²) >= 11 is 5.04. The first-order chi connectivity index (χ1) is 8.08. The van der Waals surface area contributed by atoms with Gasteiger partial charge in [0, 0.05) is 18.5 Å². The zero-order valence-electron chi connectivity index (χ0n) is 11.5. The van der Waals surface area contributed by atoms with Gasteiger partial charge in [0.15, 0.2) is 0 Å². The summed E-state index contributed by atoms with van der Waals surface area (Å²) in [5.41, 5.74) is 5.68. The van der Waals surface area contributed by atoms with Gasteiger partial charge in [0.05, 0.1) is 4.99 Å². The molecule has 1 aliphatic rings. The van der Waals surface area contributed by atoms with Gasteiger partial charge < -0.3 is 10.6 Å². The average molecular weight is 257 g/mol. The summed E-state index contributed by atoms with van der Waals surface area (Å²) in [6, 6.07) is 1.22. The van der Waals surface area contributed by atoms with Gasteiger partial charge in [-0.2, -0.15) is 0 Å². The van der Waals surface area contributed by atoms with Gasteiger partial charge in [0.2, 0.25) is 0 Å². The van der Waals surface area contributed by atoms with Crippen molar-refractivity contribution in [1.82, 2.24) is 9.80 Å². The number of hydrogen-bond donors (Lipinski definition) is 1. The first-order valence-electron chi connectivity index (χ1n) is 6.81. The lowest BCUT2D eigenvalue weighted by Crippen LogP contribution is -2.47. The van der Waals surface area contributed by atoms with Gasteiger partial charge in [0.25, 0.3) is 0 Å². The summed E-state index contributed by atoms with van der Waals surface area (Å²) in [5, 5.41) is 0. The summed E-state index contributed by atoms with van der Waals surface area (Å²) in [4.78, 5) is 5.68. The maximum Gasteiger partial charge on any atom is 0.0743 e. The number of likely N-dealkylation sites (tertiary alicyclic amines) is 1. The standard InChI is InChI=1S/C13H27N3S/c1-4-11(10-13(14)17)15(3)12-6-8-16(5-2)9-7-12/h11-12H,4-10H2,1-3H3,(H2,14,17). The molecule has 0 aromatic rings. The average Bonchev–Trinajstić information content (AvgIpc) is 2.35. The number of hydrogen-bond acceptors (Lipinski definition) is 3. The number of nitrogens with two attached hydrogens (primary N) is 1. The van der Waals surface area contributed by atoms with Gasteiger partial charge in [-0.25, -0.2) is 0 Å². The molecular formula is C13H27N3S. The van der Waals surface area contributed by atoms with E-state index in [1.54, 1.807) is 0 Å². The van der Waals surface area contributed by atoms with Crippen molar-refractivity contribution < 1.29 is 0 Å². The van der Waals surface area contributed by atoms with E-state index >= 15 is 0 Å². The normalized spacial score (nSPS) is 20.7. The van der Waals surface area contributed by atoms with E-state index in [4.69, 9.17) is 18.0 Å². The number of piperidine rings is 1. The topological polar surface area (TPSA) is 32.5 Å². The molecule has 1 saturated heterocycles. The van der Waals surface area contributed by atoms with Crippen molar-refractivity contribution in [3.05, 3.63) is 0 Å². The smallest absolute Gasteiger partial charge is 0.0743 e. The molecule has 17 heavy (non-hydrogen) atoms. The molecular weight excluding hydrogens is 230 g/mol. The molecule has 1 fully saturated rings. The molecule has 2 N–H and O–H groups in total. The van der Waals surface area contributed by atoms with E-state index < -0.39 is 0 Å². The number of nitrogens with zero attached hydrogens (tertiary/aromatic N) is 2. The van der Waals surface area contributed by atoms with Crippen molar-refractivity contribution in [1.29, 1.82) is 0 Å². The van der Waals surface area contributed by atoms with Crippen LogP contribution in [0.15, 0.2) is 0 Å². The Morgan fingerprint density at radius 3 is 2.41 bits per heavy atom. The van der Waals surface area contributed by atoms with Crippen LogP contribution in [-0.2, 0) is 0 Å². The van der Waals surface area contributed by atoms with Crippen LogP contribution in [0, 0.1) is 0 Å². The number of rotatable bonds is 6. The fraction of sp³-hybridized carbons (Fsp3) is 0.923. The van der Waals surface area contributed by atoms with Crippen molar-refractivity contribution in [3.8, 4) is 0 Å². The zero-order valence-corrected chi connectivity index (χ0v) is 12.3. The minimum atomic E-state index is 0.519. The summed E-state index contributed by atoms with van der Waals surface area (Å²) in [6.45, 7) is 8.11. The molecule has 0 aromatic carbocycles. The highest BCUT2D eigenvalue weighted by molar-refractivity contribution is 7.80. The molecule has 1 aliphatic heterocycles. The molecule has 0 aliphatic carbocycles. The maximum atomic E-state index is 5.68. The van der Waals surface area contributed by atoms with E-state index in [-0.39, 0.29) is 0 Å². The molecule has 1 atom stereocenters. The quantitative estimate of drug-likeness (QED) is 0.736. The summed E-state index contributed by atoms with van der Waals surface area (Å²) in [5.74, 6) is 0. The second-order valence-corrected chi connectivity index (χ2v) is 5.59. The molecule has 0 saturated carbocycles. The predicted molar refractivity (Wildman–Crippen MR) is 78.4 cm³/mol. The van der Waals surface area contributed by atoms with E-state index in [0.29, 0.717) is 17.1 Å². The van der Waals surface area contributed by atoms with Crippen LogP contribution >= 0.6 is 12.2 Å². The largest absolute Gasteiger partial charge is 0.393 e. The molecule has 0 radical (unpaired) electrons. The molecule has 1 rings (SSSR count). The van der Waals surface area contributed by atoms with Gasteiger partial charge in [-0.15, -0.1) is 0 Å². The van der Waals surface area contributed by atoms with E-state index in [1.807, 2.05) is 0 Å². The number of thiocarbonyl (C=S) groups is 1. The summed E-state index contributed by atoms with van der Waals surface area (Å²) in [6.07, 6.45) is 4.54.